The minimum Gasteiger partial charge on any atom is -0.232 e. The first-order valence-electron chi connectivity index (χ1n) is 6.87. The summed E-state index contributed by atoms with van der Waals surface area (Å²) in [5.41, 5.74) is 4.87. The Labute approximate surface area is 135 Å². The highest BCUT2D eigenvalue weighted by molar-refractivity contribution is 9.10. The van der Waals surface area contributed by atoms with Crippen LogP contribution in [0.3, 0.4) is 0 Å². The summed E-state index contributed by atoms with van der Waals surface area (Å²) in [6.45, 7) is 4.02. The predicted octanol–water partition coefficient (Wildman–Crippen LogP) is 3.72. The van der Waals surface area contributed by atoms with E-state index >= 15 is 0 Å². The molecule has 0 unspecified atom stereocenters. The van der Waals surface area contributed by atoms with Gasteiger partial charge in [-0.15, -0.1) is 5.10 Å². The van der Waals surface area contributed by atoms with Crippen molar-refractivity contribution in [1.29, 1.82) is 0 Å². The molecular formula is C16H12BrN5. The Morgan fingerprint density at radius 2 is 2.00 bits per heavy atom. The SMILES string of the molecule is Cc1cn2nc(-c3cccc4c(Br)nncc34)cc(C)c2n1. The molecule has 0 aliphatic rings. The fourth-order valence-electron chi connectivity index (χ4n) is 2.68. The third-order valence-corrected chi connectivity index (χ3v) is 4.25. The van der Waals surface area contributed by atoms with Gasteiger partial charge < -0.3 is 0 Å². The van der Waals surface area contributed by atoms with Crippen molar-refractivity contribution in [2.45, 2.75) is 13.8 Å². The molecule has 0 bridgehead atoms. The molecule has 0 aliphatic heterocycles. The Morgan fingerprint density at radius 3 is 2.86 bits per heavy atom. The Bertz CT molecular complexity index is 1020. The summed E-state index contributed by atoms with van der Waals surface area (Å²) in [7, 11) is 0. The summed E-state index contributed by atoms with van der Waals surface area (Å²) >= 11 is 3.45. The van der Waals surface area contributed by atoms with Gasteiger partial charge in [-0.25, -0.2) is 9.50 Å². The maximum absolute atomic E-state index is 4.70. The first kappa shape index (κ1) is 13.3. The molecule has 0 saturated heterocycles. The van der Waals surface area contributed by atoms with Gasteiger partial charge in [-0.3, -0.25) is 0 Å². The van der Waals surface area contributed by atoms with E-state index in [1.54, 1.807) is 6.20 Å². The lowest BCUT2D eigenvalue weighted by Gasteiger charge is -2.08. The molecule has 6 heteroatoms. The molecule has 3 heterocycles. The van der Waals surface area contributed by atoms with Crippen LogP contribution in [0.25, 0.3) is 27.7 Å². The van der Waals surface area contributed by atoms with Crippen LogP contribution >= 0.6 is 15.9 Å². The summed E-state index contributed by atoms with van der Waals surface area (Å²) in [6, 6.07) is 8.13. The molecule has 5 nitrogen and oxygen atoms in total. The second-order valence-corrected chi connectivity index (χ2v) is 6.02. The summed E-state index contributed by atoms with van der Waals surface area (Å²) in [5.74, 6) is 0. The average Bonchev–Trinajstić information content (AvgIpc) is 2.88. The van der Waals surface area contributed by atoms with Crippen LogP contribution in [0.15, 0.2) is 41.3 Å². The number of fused-ring (bicyclic) bond motifs is 2. The Kier molecular flexibility index (Phi) is 2.94. The maximum atomic E-state index is 4.70. The van der Waals surface area contributed by atoms with Crippen molar-refractivity contribution in [1.82, 2.24) is 24.8 Å². The first-order valence-corrected chi connectivity index (χ1v) is 7.67. The lowest BCUT2D eigenvalue weighted by atomic mass is 10.0. The number of benzene rings is 1. The van der Waals surface area contributed by atoms with E-state index in [-0.39, 0.29) is 0 Å². The number of rotatable bonds is 1. The number of imidazole rings is 1. The summed E-state index contributed by atoms with van der Waals surface area (Å²) in [6.07, 6.45) is 3.71. The number of halogens is 1. The van der Waals surface area contributed by atoms with Crippen LogP contribution in [0.5, 0.6) is 0 Å². The van der Waals surface area contributed by atoms with E-state index in [1.165, 1.54) is 0 Å². The molecule has 0 saturated carbocycles. The van der Waals surface area contributed by atoms with Crippen LogP contribution in [0.4, 0.5) is 0 Å². The Balaban J connectivity index is 2.05. The highest BCUT2D eigenvalue weighted by Crippen LogP contribution is 2.30. The molecule has 0 atom stereocenters. The van der Waals surface area contributed by atoms with Crippen molar-refractivity contribution in [2.75, 3.05) is 0 Å². The first-order chi connectivity index (χ1) is 10.6. The van der Waals surface area contributed by atoms with Crippen LogP contribution in [-0.2, 0) is 0 Å². The second-order valence-electron chi connectivity index (χ2n) is 5.27. The molecule has 22 heavy (non-hydrogen) atoms. The standard InChI is InChI=1S/C16H12BrN5/c1-9-6-14(21-22-8-10(2)19-16(9)22)11-4-3-5-12-13(11)7-18-20-15(12)17/h3-8H,1-2H3. The molecule has 1 aromatic carbocycles. The van der Waals surface area contributed by atoms with Crippen LogP contribution < -0.4 is 0 Å². The van der Waals surface area contributed by atoms with Crippen molar-refractivity contribution in [3.8, 4) is 11.3 Å². The Hall–Kier alpha value is -2.34. The van der Waals surface area contributed by atoms with Gasteiger partial charge in [-0.05, 0) is 41.4 Å². The lowest BCUT2D eigenvalue weighted by Crippen LogP contribution is -1.97. The van der Waals surface area contributed by atoms with Crippen LogP contribution in [0, 0.1) is 13.8 Å². The van der Waals surface area contributed by atoms with Gasteiger partial charge in [0.2, 0.25) is 0 Å². The van der Waals surface area contributed by atoms with Crippen molar-refractivity contribution < 1.29 is 0 Å². The quantitative estimate of drug-likeness (QED) is 0.523. The molecule has 0 radical (unpaired) electrons. The molecular weight excluding hydrogens is 342 g/mol. The maximum Gasteiger partial charge on any atom is 0.156 e. The summed E-state index contributed by atoms with van der Waals surface area (Å²) < 4.78 is 2.57. The van der Waals surface area contributed by atoms with E-state index in [2.05, 4.69) is 37.2 Å². The zero-order valence-electron chi connectivity index (χ0n) is 12.1. The van der Waals surface area contributed by atoms with Gasteiger partial charge in [0.15, 0.2) is 5.65 Å². The fraction of sp³-hybridized carbons (Fsp3) is 0.125. The van der Waals surface area contributed by atoms with E-state index < -0.39 is 0 Å². The van der Waals surface area contributed by atoms with Gasteiger partial charge >= 0.3 is 0 Å². The second kappa shape index (κ2) is 4.84. The molecule has 4 aromatic rings. The number of aromatic nitrogens is 5. The monoisotopic (exact) mass is 353 g/mol. The smallest absolute Gasteiger partial charge is 0.156 e. The van der Waals surface area contributed by atoms with E-state index in [1.807, 2.05) is 42.8 Å². The van der Waals surface area contributed by atoms with Crippen LogP contribution in [0.1, 0.15) is 11.3 Å². The minimum absolute atomic E-state index is 0.739. The van der Waals surface area contributed by atoms with Crippen molar-refractivity contribution >= 4 is 32.3 Å². The van der Waals surface area contributed by atoms with Crippen molar-refractivity contribution in [2.24, 2.45) is 0 Å². The summed E-state index contributed by atoms with van der Waals surface area (Å²) in [4.78, 5) is 4.49. The van der Waals surface area contributed by atoms with Crippen LogP contribution in [-0.4, -0.2) is 24.8 Å². The third-order valence-electron chi connectivity index (χ3n) is 3.67. The molecule has 4 rings (SSSR count). The average molecular weight is 354 g/mol. The highest BCUT2D eigenvalue weighted by atomic mass is 79.9. The topological polar surface area (TPSA) is 56.0 Å². The van der Waals surface area contributed by atoms with Crippen molar-refractivity contribution in [3.05, 3.63) is 52.5 Å². The van der Waals surface area contributed by atoms with E-state index in [4.69, 9.17) is 5.10 Å². The zero-order valence-corrected chi connectivity index (χ0v) is 13.7. The highest BCUT2D eigenvalue weighted by Gasteiger charge is 2.11. The molecule has 0 aliphatic carbocycles. The number of hydrogen-bond acceptors (Lipinski definition) is 4. The normalized spacial score (nSPS) is 11.4. The Morgan fingerprint density at radius 1 is 1.14 bits per heavy atom. The molecule has 0 fully saturated rings. The summed E-state index contributed by atoms with van der Waals surface area (Å²) in [5, 5.41) is 14.8. The molecule has 108 valence electrons. The van der Waals surface area contributed by atoms with E-state index in [0.29, 0.717) is 0 Å². The third kappa shape index (κ3) is 1.99. The predicted molar refractivity (Wildman–Crippen MR) is 88.7 cm³/mol. The number of aryl methyl sites for hydroxylation is 2. The molecule has 0 amide bonds. The van der Waals surface area contributed by atoms with Crippen molar-refractivity contribution in [3.63, 3.8) is 0 Å². The van der Waals surface area contributed by atoms with E-state index in [9.17, 15) is 0 Å². The van der Waals surface area contributed by atoms with E-state index in [0.717, 1.165) is 43.5 Å². The molecule has 3 aromatic heterocycles. The van der Waals surface area contributed by atoms with Gasteiger partial charge in [0, 0.05) is 16.3 Å². The van der Waals surface area contributed by atoms with Gasteiger partial charge in [-0.1, -0.05) is 18.2 Å². The molecule has 0 spiro atoms. The fourth-order valence-corrected chi connectivity index (χ4v) is 3.11. The molecule has 0 N–H and O–H groups in total. The van der Waals surface area contributed by atoms with Gasteiger partial charge in [0.25, 0.3) is 0 Å². The lowest BCUT2D eigenvalue weighted by molar-refractivity contribution is 0.933. The zero-order chi connectivity index (χ0) is 15.3. The van der Waals surface area contributed by atoms with Gasteiger partial charge in [-0.2, -0.15) is 10.2 Å². The van der Waals surface area contributed by atoms with Gasteiger partial charge in [0.1, 0.15) is 4.60 Å². The number of hydrogen-bond donors (Lipinski definition) is 0. The number of nitrogens with zero attached hydrogens (tertiary/aromatic N) is 5. The minimum atomic E-state index is 0.739. The van der Waals surface area contributed by atoms with Crippen LogP contribution in [0.2, 0.25) is 0 Å². The van der Waals surface area contributed by atoms with Gasteiger partial charge in [0.05, 0.1) is 23.8 Å². The largest absolute Gasteiger partial charge is 0.232 e.